The zero-order valence-corrected chi connectivity index (χ0v) is 8.80. The molecule has 0 aromatic rings. The summed E-state index contributed by atoms with van der Waals surface area (Å²) in [6.45, 7) is 10.3. The van der Waals surface area contributed by atoms with Crippen LogP contribution in [0.25, 0.3) is 0 Å². The number of terminal acetylenes is 1. The van der Waals surface area contributed by atoms with E-state index in [2.05, 4.69) is 32.0 Å². The maximum absolute atomic E-state index is 5.30. The third kappa shape index (κ3) is 7.71. The van der Waals surface area contributed by atoms with E-state index in [1.807, 2.05) is 13.8 Å². The van der Waals surface area contributed by atoms with Crippen LogP contribution in [0.2, 0.25) is 0 Å². The maximum atomic E-state index is 5.30. The minimum absolute atomic E-state index is 0. The summed E-state index contributed by atoms with van der Waals surface area (Å²) in [5.74, 6) is 2.69. The Morgan fingerprint density at radius 1 is 1.09 bits per heavy atom. The third-order valence-electron chi connectivity index (χ3n) is 1.05. The van der Waals surface area contributed by atoms with Crippen molar-refractivity contribution in [3.05, 3.63) is 0 Å². The topological polar surface area (TPSA) is 12.0 Å². The molecule has 1 nitrogen and oxygen atoms in total. The van der Waals surface area contributed by atoms with Gasteiger partial charge < -0.3 is 0 Å². The molecule has 0 heterocycles. The summed E-state index contributed by atoms with van der Waals surface area (Å²) in [5, 5.41) is 3.31. The Bertz CT molecular complexity index is 148. The van der Waals surface area contributed by atoms with Gasteiger partial charge in [-0.1, -0.05) is 5.92 Å². The van der Waals surface area contributed by atoms with Gasteiger partial charge in [0.25, 0.3) is 0 Å². The highest BCUT2D eigenvalue weighted by Crippen LogP contribution is 2.08. The second-order valence-corrected chi connectivity index (χ2v) is 4.14. The predicted molar refractivity (Wildman–Crippen MR) is 53.0 cm³/mol. The summed E-state index contributed by atoms with van der Waals surface area (Å²) < 4.78 is 0. The summed E-state index contributed by atoms with van der Waals surface area (Å²) in [6, 6.07) is 0. The van der Waals surface area contributed by atoms with Crippen molar-refractivity contribution in [2.24, 2.45) is 0 Å². The van der Waals surface area contributed by atoms with Crippen LogP contribution >= 0.6 is 12.4 Å². The van der Waals surface area contributed by atoms with Crippen molar-refractivity contribution < 1.29 is 0 Å². The fourth-order valence-electron chi connectivity index (χ4n) is 0.974. The van der Waals surface area contributed by atoms with Crippen LogP contribution in [0.1, 0.15) is 34.6 Å². The molecule has 0 aromatic carbocycles. The molecular weight excluding hydrogens is 158 g/mol. The average Bonchev–Trinajstić information content (AvgIpc) is 1.60. The van der Waals surface area contributed by atoms with Gasteiger partial charge in [0.15, 0.2) is 0 Å². The second-order valence-electron chi connectivity index (χ2n) is 4.14. The SMILES string of the molecule is C#CC(C)(C)NC(C)(C)C.Cl. The van der Waals surface area contributed by atoms with Gasteiger partial charge in [-0.2, -0.15) is 0 Å². The summed E-state index contributed by atoms with van der Waals surface area (Å²) in [5.41, 5.74) is -0.103. The van der Waals surface area contributed by atoms with E-state index in [1.165, 1.54) is 0 Å². The van der Waals surface area contributed by atoms with Crippen LogP contribution in [0.15, 0.2) is 0 Å². The Kier molecular flexibility index (Phi) is 4.86. The van der Waals surface area contributed by atoms with Crippen LogP contribution in [0.4, 0.5) is 0 Å². The van der Waals surface area contributed by atoms with E-state index >= 15 is 0 Å². The largest absolute Gasteiger partial charge is 0.297 e. The molecular formula is C9H18ClN. The number of halogens is 1. The normalized spacial score (nSPS) is 11.6. The van der Waals surface area contributed by atoms with Crippen LogP contribution in [0, 0.1) is 12.3 Å². The Balaban J connectivity index is 0. The molecule has 1 N–H and O–H groups in total. The van der Waals surface area contributed by atoms with Gasteiger partial charge in [0.2, 0.25) is 0 Å². The van der Waals surface area contributed by atoms with Gasteiger partial charge in [-0.05, 0) is 34.6 Å². The molecule has 11 heavy (non-hydrogen) atoms. The van der Waals surface area contributed by atoms with E-state index in [0.717, 1.165) is 0 Å². The molecule has 0 aliphatic carbocycles. The standard InChI is InChI=1S/C9H17N.ClH/c1-7-9(5,6)10-8(2,3)4;/h1,10H,2-6H3;1H. The van der Waals surface area contributed by atoms with Gasteiger partial charge >= 0.3 is 0 Å². The predicted octanol–water partition coefficient (Wildman–Crippen LogP) is 2.21. The van der Waals surface area contributed by atoms with Crippen molar-refractivity contribution in [3.8, 4) is 12.3 Å². The van der Waals surface area contributed by atoms with Gasteiger partial charge in [0.1, 0.15) is 0 Å². The first kappa shape index (κ1) is 13.4. The van der Waals surface area contributed by atoms with Crippen molar-refractivity contribution in [1.82, 2.24) is 5.32 Å². The minimum Gasteiger partial charge on any atom is -0.297 e. The van der Waals surface area contributed by atoms with Crippen molar-refractivity contribution >= 4 is 12.4 Å². The number of rotatable bonds is 1. The molecule has 0 saturated carbocycles. The molecule has 0 aromatic heterocycles. The van der Waals surface area contributed by atoms with Gasteiger partial charge in [-0.3, -0.25) is 5.32 Å². The monoisotopic (exact) mass is 175 g/mol. The van der Waals surface area contributed by atoms with Crippen LogP contribution < -0.4 is 5.32 Å². The summed E-state index contributed by atoms with van der Waals surface area (Å²) in [7, 11) is 0. The summed E-state index contributed by atoms with van der Waals surface area (Å²) >= 11 is 0. The first-order chi connectivity index (χ1) is 4.27. The highest BCUT2D eigenvalue weighted by atomic mass is 35.5. The van der Waals surface area contributed by atoms with Gasteiger partial charge in [0, 0.05) is 5.54 Å². The highest BCUT2D eigenvalue weighted by molar-refractivity contribution is 5.85. The number of hydrogen-bond acceptors (Lipinski definition) is 1. The van der Waals surface area contributed by atoms with Crippen LogP contribution in [0.3, 0.4) is 0 Å². The van der Waals surface area contributed by atoms with E-state index < -0.39 is 0 Å². The van der Waals surface area contributed by atoms with Gasteiger partial charge in [-0.15, -0.1) is 18.8 Å². The van der Waals surface area contributed by atoms with E-state index in [0.29, 0.717) is 0 Å². The molecule has 0 aliphatic rings. The molecule has 0 amide bonds. The van der Waals surface area contributed by atoms with Crippen molar-refractivity contribution in [1.29, 1.82) is 0 Å². The highest BCUT2D eigenvalue weighted by Gasteiger charge is 2.20. The lowest BCUT2D eigenvalue weighted by atomic mass is 10.00. The molecule has 66 valence electrons. The van der Waals surface area contributed by atoms with Gasteiger partial charge in [0.05, 0.1) is 5.54 Å². The molecule has 0 atom stereocenters. The number of nitrogens with one attached hydrogen (secondary N) is 1. The van der Waals surface area contributed by atoms with Crippen LogP contribution in [-0.2, 0) is 0 Å². The molecule has 0 unspecified atom stereocenters. The fourth-order valence-corrected chi connectivity index (χ4v) is 0.974. The Morgan fingerprint density at radius 2 is 1.45 bits per heavy atom. The van der Waals surface area contributed by atoms with Crippen molar-refractivity contribution in [2.75, 3.05) is 0 Å². The molecule has 0 spiro atoms. The summed E-state index contributed by atoms with van der Waals surface area (Å²) in [4.78, 5) is 0. The van der Waals surface area contributed by atoms with Crippen molar-refractivity contribution in [3.63, 3.8) is 0 Å². The quantitative estimate of drug-likeness (QED) is 0.603. The van der Waals surface area contributed by atoms with Crippen LogP contribution in [-0.4, -0.2) is 11.1 Å². The molecule has 0 radical (unpaired) electrons. The molecule has 0 bridgehead atoms. The lowest BCUT2D eigenvalue weighted by molar-refractivity contribution is 0.338. The average molecular weight is 176 g/mol. The molecule has 0 saturated heterocycles. The molecule has 0 aliphatic heterocycles. The first-order valence-electron chi connectivity index (χ1n) is 3.54. The van der Waals surface area contributed by atoms with E-state index in [1.54, 1.807) is 0 Å². The molecule has 0 fully saturated rings. The van der Waals surface area contributed by atoms with Crippen molar-refractivity contribution in [2.45, 2.75) is 45.7 Å². The summed E-state index contributed by atoms with van der Waals surface area (Å²) in [6.07, 6.45) is 5.30. The zero-order valence-electron chi connectivity index (χ0n) is 7.99. The Morgan fingerprint density at radius 3 is 1.55 bits per heavy atom. The second kappa shape index (κ2) is 3.99. The fraction of sp³-hybridized carbons (Fsp3) is 0.778. The lowest BCUT2D eigenvalue weighted by Crippen LogP contribution is -2.49. The van der Waals surface area contributed by atoms with E-state index in [-0.39, 0.29) is 23.5 Å². The zero-order chi connectivity index (χ0) is 8.41. The lowest BCUT2D eigenvalue weighted by Gasteiger charge is -2.30. The van der Waals surface area contributed by atoms with Crippen LogP contribution in [0.5, 0.6) is 0 Å². The first-order valence-corrected chi connectivity index (χ1v) is 3.54. The van der Waals surface area contributed by atoms with E-state index in [9.17, 15) is 0 Å². The van der Waals surface area contributed by atoms with Gasteiger partial charge in [-0.25, -0.2) is 0 Å². The third-order valence-corrected chi connectivity index (χ3v) is 1.05. The van der Waals surface area contributed by atoms with E-state index in [4.69, 9.17) is 6.42 Å². The smallest absolute Gasteiger partial charge is 0.0745 e. The maximum Gasteiger partial charge on any atom is 0.0745 e. The Labute approximate surface area is 76.4 Å². The molecule has 0 rings (SSSR count). The Hall–Kier alpha value is -0.190. The molecule has 2 heteroatoms. The minimum atomic E-state index is -0.196. The number of hydrogen-bond donors (Lipinski definition) is 1.